The van der Waals surface area contributed by atoms with E-state index in [-0.39, 0.29) is 22.7 Å². The minimum atomic E-state index is -0.179. The summed E-state index contributed by atoms with van der Waals surface area (Å²) in [5.41, 5.74) is -0.433. The predicted octanol–water partition coefficient (Wildman–Crippen LogP) is 1.56. The molecule has 0 amide bonds. The quantitative estimate of drug-likeness (QED) is 0.587. The number of carbonyl (C=O) groups excluding carboxylic acids is 4. The van der Waals surface area contributed by atoms with E-state index in [0.717, 1.165) is 12.1 Å². The van der Waals surface area contributed by atoms with E-state index >= 15 is 0 Å². The zero-order valence-corrected chi connectivity index (χ0v) is 8.58. The normalized spacial score (nSPS) is 8.00. The van der Waals surface area contributed by atoms with Crippen molar-refractivity contribution in [1.82, 2.24) is 0 Å². The Bertz CT molecular complexity index is 632. The van der Waals surface area contributed by atoms with Crippen molar-refractivity contribution in [3.05, 3.63) is 12.1 Å². The lowest BCUT2D eigenvalue weighted by atomic mass is 10.2. The highest BCUT2D eigenvalue weighted by Crippen LogP contribution is 2.40. The Morgan fingerprint density at radius 1 is 0.667 bits per heavy atom. The van der Waals surface area contributed by atoms with Crippen molar-refractivity contribution >= 4 is 47.1 Å². The van der Waals surface area contributed by atoms with Gasteiger partial charge in [0.25, 0.3) is 0 Å². The van der Waals surface area contributed by atoms with Crippen LogP contribution in [0.5, 0.6) is 0 Å². The minimum absolute atomic E-state index is 0.0258. The molecule has 0 aromatic heterocycles. The average molecular weight is 242 g/mol. The van der Waals surface area contributed by atoms with Crippen LogP contribution in [-0.4, -0.2) is 24.3 Å². The lowest BCUT2D eigenvalue weighted by Gasteiger charge is -2.01. The molecule has 0 bridgehead atoms. The van der Waals surface area contributed by atoms with E-state index in [0.29, 0.717) is 0 Å². The van der Waals surface area contributed by atoms with E-state index < -0.39 is 0 Å². The topological polar surface area (TPSA) is 118 Å². The average Bonchev–Trinajstić information content (AvgIpc) is 2.34. The van der Waals surface area contributed by atoms with Crippen LogP contribution in [0.4, 0.5) is 22.7 Å². The number of aliphatic imine (C=N–C) groups is 4. The summed E-state index contributed by atoms with van der Waals surface area (Å²) >= 11 is 0. The first-order valence-corrected chi connectivity index (χ1v) is 4.26. The number of isocyanates is 4. The van der Waals surface area contributed by atoms with E-state index in [2.05, 4.69) is 20.0 Å². The third-order valence-corrected chi connectivity index (χ3v) is 1.72. The summed E-state index contributed by atoms with van der Waals surface area (Å²) in [7, 11) is 0. The fourth-order valence-corrected chi connectivity index (χ4v) is 1.14. The van der Waals surface area contributed by atoms with Crippen LogP contribution in [-0.2, 0) is 19.2 Å². The molecule has 1 aromatic carbocycles. The van der Waals surface area contributed by atoms with Crippen molar-refractivity contribution in [3.63, 3.8) is 0 Å². The van der Waals surface area contributed by atoms with Gasteiger partial charge >= 0.3 is 0 Å². The van der Waals surface area contributed by atoms with Gasteiger partial charge in [-0.05, 0) is 12.1 Å². The molecule has 1 aromatic rings. The van der Waals surface area contributed by atoms with Crippen molar-refractivity contribution < 1.29 is 19.2 Å². The summed E-state index contributed by atoms with van der Waals surface area (Å²) in [6.07, 6.45) is 4.93. The van der Waals surface area contributed by atoms with E-state index in [1.54, 1.807) is 0 Å². The second-order valence-electron chi connectivity index (χ2n) is 2.64. The van der Waals surface area contributed by atoms with Gasteiger partial charge in [0.05, 0.1) is 5.69 Å². The van der Waals surface area contributed by atoms with Gasteiger partial charge in [-0.25, -0.2) is 19.2 Å². The number of hydrogen-bond acceptors (Lipinski definition) is 8. The summed E-state index contributed by atoms with van der Waals surface area (Å²) in [4.78, 5) is 53.8. The van der Waals surface area contributed by atoms with Crippen LogP contribution < -0.4 is 0 Å². The Hall–Kier alpha value is -3.26. The SMILES string of the molecule is O=C=Nc1cc(N=C=O)c(N=C=O)c(N=C=O)c1. The Kier molecular flexibility index (Phi) is 4.52. The van der Waals surface area contributed by atoms with Gasteiger partial charge in [-0.15, -0.1) is 0 Å². The number of hydrogen-bond donors (Lipinski definition) is 0. The molecule has 0 unspecified atom stereocenters. The zero-order valence-electron chi connectivity index (χ0n) is 8.58. The molecule has 0 aliphatic heterocycles. The van der Waals surface area contributed by atoms with Gasteiger partial charge in [0.2, 0.25) is 24.3 Å². The molecular formula is C10H2N4O4. The van der Waals surface area contributed by atoms with Crippen LogP contribution in [0.15, 0.2) is 32.1 Å². The van der Waals surface area contributed by atoms with Crippen LogP contribution in [0.3, 0.4) is 0 Å². The molecule has 0 radical (unpaired) electrons. The van der Waals surface area contributed by atoms with Gasteiger partial charge in [-0.3, -0.25) is 0 Å². The summed E-state index contributed by atoms with van der Waals surface area (Å²) in [6, 6.07) is 2.32. The monoisotopic (exact) mass is 242 g/mol. The number of rotatable bonds is 4. The van der Waals surface area contributed by atoms with Crippen LogP contribution in [0, 0.1) is 0 Å². The van der Waals surface area contributed by atoms with Crippen molar-refractivity contribution in [3.8, 4) is 0 Å². The largest absolute Gasteiger partial charge is 0.240 e. The number of benzene rings is 1. The highest BCUT2D eigenvalue weighted by atomic mass is 16.1. The van der Waals surface area contributed by atoms with Gasteiger partial charge in [0, 0.05) is 0 Å². The minimum Gasteiger partial charge on any atom is -0.211 e. The third kappa shape index (κ3) is 2.87. The van der Waals surface area contributed by atoms with Crippen LogP contribution in [0.2, 0.25) is 0 Å². The second kappa shape index (κ2) is 6.35. The van der Waals surface area contributed by atoms with Gasteiger partial charge in [0.1, 0.15) is 17.1 Å². The Labute approximate surface area is 99.1 Å². The van der Waals surface area contributed by atoms with Crippen LogP contribution in [0.25, 0.3) is 0 Å². The van der Waals surface area contributed by atoms with Gasteiger partial charge in [-0.2, -0.15) is 20.0 Å². The molecule has 0 aliphatic rings. The first-order chi connectivity index (χ1) is 8.76. The molecule has 0 spiro atoms. The molecule has 0 N–H and O–H groups in total. The molecule has 8 nitrogen and oxygen atoms in total. The summed E-state index contributed by atoms with van der Waals surface area (Å²) in [5, 5.41) is 0. The van der Waals surface area contributed by atoms with Gasteiger partial charge in [-0.1, -0.05) is 0 Å². The maximum absolute atomic E-state index is 10.2. The van der Waals surface area contributed by atoms with Gasteiger partial charge < -0.3 is 0 Å². The standard InChI is InChI=1S/C10H2N4O4/c15-3-11-7-1-8(12-4-16)10(14-6-18)9(2-7)13-5-17/h1-2H. The molecular weight excluding hydrogens is 240 g/mol. The van der Waals surface area contributed by atoms with Crippen LogP contribution >= 0.6 is 0 Å². The Morgan fingerprint density at radius 2 is 1.11 bits per heavy atom. The summed E-state index contributed by atoms with van der Waals surface area (Å²) in [5.74, 6) is 0. The molecule has 8 heteroatoms. The van der Waals surface area contributed by atoms with Gasteiger partial charge in [0.15, 0.2) is 0 Å². The maximum atomic E-state index is 10.2. The molecule has 0 aliphatic carbocycles. The second-order valence-corrected chi connectivity index (χ2v) is 2.64. The molecule has 0 saturated heterocycles. The first-order valence-electron chi connectivity index (χ1n) is 4.26. The van der Waals surface area contributed by atoms with Crippen molar-refractivity contribution in [2.45, 2.75) is 0 Å². The van der Waals surface area contributed by atoms with E-state index in [1.165, 1.54) is 24.3 Å². The number of nitrogens with zero attached hydrogens (tertiary/aromatic N) is 4. The zero-order chi connectivity index (χ0) is 13.4. The fraction of sp³-hybridized carbons (Fsp3) is 0. The van der Waals surface area contributed by atoms with Crippen molar-refractivity contribution in [2.24, 2.45) is 20.0 Å². The smallest absolute Gasteiger partial charge is 0.211 e. The molecule has 0 saturated carbocycles. The lowest BCUT2D eigenvalue weighted by molar-refractivity contribution is 0.564. The highest BCUT2D eigenvalue weighted by molar-refractivity contribution is 5.84. The van der Waals surface area contributed by atoms with E-state index in [4.69, 9.17) is 0 Å². The molecule has 1 rings (SSSR count). The van der Waals surface area contributed by atoms with Crippen LogP contribution in [0.1, 0.15) is 0 Å². The lowest BCUT2D eigenvalue weighted by Crippen LogP contribution is -1.74. The summed E-state index contributed by atoms with van der Waals surface area (Å²) in [6.45, 7) is 0. The fourth-order valence-electron chi connectivity index (χ4n) is 1.14. The first kappa shape index (κ1) is 12.8. The molecule has 0 heterocycles. The predicted molar refractivity (Wildman–Crippen MR) is 57.6 cm³/mol. The highest BCUT2D eigenvalue weighted by Gasteiger charge is 2.10. The molecule has 0 atom stereocenters. The Morgan fingerprint density at radius 3 is 1.50 bits per heavy atom. The Balaban J connectivity index is 3.73. The molecule has 0 fully saturated rings. The molecule has 18 heavy (non-hydrogen) atoms. The van der Waals surface area contributed by atoms with Crippen molar-refractivity contribution in [1.29, 1.82) is 0 Å². The third-order valence-electron chi connectivity index (χ3n) is 1.72. The summed E-state index contributed by atoms with van der Waals surface area (Å²) < 4.78 is 0. The maximum Gasteiger partial charge on any atom is 0.240 e. The van der Waals surface area contributed by atoms with E-state index in [9.17, 15) is 19.2 Å². The van der Waals surface area contributed by atoms with Crippen molar-refractivity contribution in [2.75, 3.05) is 0 Å². The molecule has 86 valence electrons. The van der Waals surface area contributed by atoms with E-state index in [1.807, 2.05) is 0 Å².